The maximum atomic E-state index is 12.4. The van der Waals surface area contributed by atoms with Crippen LogP contribution in [-0.2, 0) is 11.2 Å². The molecular weight excluding hydrogens is 334 g/mol. The van der Waals surface area contributed by atoms with Crippen LogP contribution in [0.1, 0.15) is 61.4 Å². The Kier molecular flexibility index (Phi) is 7.32. The Labute approximate surface area is 163 Å². The van der Waals surface area contributed by atoms with Crippen molar-refractivity contribution in [3.8, 4) is 0 Å². The van der Waals surface area contributed by atoms with Gasteiger partial charge in [-0.3, -0.25) is 0 Å². The zero-order valence-corrected chi connectivity index (χ0v) is 16.4. The van der Waals surface area contributed by atoms with Crippen molar-refractivity contribution in [3.63, 3.8) is 0 Å². The Hall–Kier alpha value is -2.29. The lowest BCUT2D eigenvalue weighted by Crippen LogP contribution is -2.37. The maximum absolute atomic E-state index is 12.4. The van der Waals surface area contributed by atoms with E-state index in [1.54, 1.807) is 0 Å². The summed E-state index contributed by atoms with van der Waals surface area (Å²) < 4.78 is 5.75. The van der Waals surface area contributed by atoms with E-state index in [-0.39, 0.29) is 12.1 Å². The third-order valence-corrected chi connectivity index (χ3v) is 5.35. The van der Waals surface area contributed by atoms with Gasteiger partial charge in [-0.1, -0.05) is 56.5 Å². The predicted molar refractivity (Wildman–Crippen MR) is 111 cm³/mol. The molecule has 1 aliphatic heterocycles. The third kappa shape index (κ3) is 5.85. The predicted octanol–water partition coefficient (Wildman–Crippen LogP) is 5.64. The lowest BCUT2D eigenvalue weighted by Gasteiger charge is -2.33. The van der Waals surface area contributed by atoms with Crippen LogP contribution in [0.2, 0.25) is 0 Å². The fourth-order valence-corrected chi connectivity index (χ4v) is 3.65. The van der Waals surface area contributed by atoms with Crippen LogP contribution in [0.15, 0.2) is 54.6 Å². The van der Waals surface area contributed by atoms with E-state index in [1.807, 2.05) is 18.2 Å². The van der Waals surface area contributed by atoms with E-state index >= 15 is 0 Å². The summed E-state index contributed by atoms with van der Waals surface area (Å²) in [4.78, 5) is 14.8. The van der Waals surface area contributed by atoms with E-state index in [1.165, 1.54) is 36.9 Å². The molecule has 2 aromatic carbocycles. The Morgan fingerprint density at radius 1 is 0.963 bits per heavy atom. The number of aryl methyl sites for hydroxylation is 1. The van der Waals surface area contributed by atoms with Gasteiger partial charge in [-0.2, -0.15) is 0 Å². The highest BCUT2D eigenvalue weighted by atomic mass is 16.5. The molecule has 1 heterocycles. The van der Waals surface area contributed by atoms with Crippen molar-refractivity contribution < 1.29 is 9.53 Å². The van der Waals surface area contributed by atoms with Crippen molar-refractivity contribution in [3.05, 3.63) is 65.7 Å². The van der Waals surface area contributed by atoms with Gasteiger partial charge >= 0.3 is 5.97 Å². The Bertz CT molecular complexity index is 688. The standard InChI is InChI=1S/C24H31NO2/c1-2-3-4-6-9-20-12-14-21(15-13-20)24(26)27-23-16-18-25(19-17-23)22-10-7-5-8-11-22/h5,7-8,10-15,23H,2-4,6,9,16-19H2,1H3. The van der Waals surface area contributed by atoms with E-state index in [2.05, 4.69) is 48.2 Å². The number of hydrogen-bond acceptors (Lipinski definition) is 3. The van der Waals surface area contributed by atoms with E-state index in [9.17, 15) is 4.79 Å². The number of carbonyl (C=O) groups excluding carboxylic acids is 1. The van der Waals surface area contributed by atoms with E-state index in [0.29, 0.717) is 5.56 Å². The van der Waals surface area contributed by atoms with Crippen molar-refractivity contribution in [2.75, 3.05) is 18.0 Å². The summed E-state index contributed by atoms with van der Waals surface area (Å²) >= 11 is 0. The number of carbonyl (C=O) groups is 1. The van der Waals surface area contributed by atoms with Crippen LogP contribution in [0.5, 0.6) is 0 Å². The number of ether oxygens (including phenoxy) is 1. The number of hydrogen-bond donors (Lipinski definition) is 0. The van der Waals surface area contributed by atoms with Gasteiger partial charge in [0.05, 0.1) is 5.56 Å². The molecular formula is C24H31NO2. The summed E-state index contributed by atoms with van der Waals surface area (Å²) in [5.41, 5.74) is 3.22. The van der Waals surface area contributed by atoms with Gasteiger partial charge in [0.15, 0.2) is 0 Å². The molecule has 0 spiro atoms. The summed E-state index contributed by atoms with van der Waals surface area (Å²) in [6, 6.07) is 18.4. The fraction of sp³-hybridized carbons (Fsp3) is 0.458. The summed E-state index contributed by atoms with van der Waals surface area (Å²) in [6.45, 7) is 4.09. The van der Waals surface area contributed by atoms with Crippen molar-refractivity contribution >= 4 is 11.7 Å². The first-order valence-electron chi connectivity index (χ1n) is 10.4. The van der Waals surface area contributed by atoms with Crippen LogP contribution in [-0.4, -0.2) is 25.2 Å². The highest BCUT2D eigenvalue weighted by Gasteiger charge is 2.23. The van der Waals surface area contributed by atoms with Gasteiger partial charge in [-0.05, 0) is 42.7 Å². The second-order valence-electron chi connectivity index (χ2n) is 7.43. The van der Waals surface area contributed by atoms with Gasteiger partial charge in [0, 0.05) is 31.6 Å². The number of esters is 1. The average Bonchev–Trinajstić information content (AvgIpc) is 2.73. The number of para-hydroxylation sites is 1. The Balaban J connectivity index is 1.44. The molecule has 0 amide bonds. The minimum atomic E-state index is -0.189. The highest BCUT2D eigenvalue weighted by molar-refractivity contribution is 5.89. The van der Waals surface area contributed by atoms with Crippen LogP contribution in [0.25, 0.3) is 0 Å². The fourth-order valence-electron chi connectivity index (χ4n) is 3.65. The monoisotopic (exact) mass is 365 g/mol. The van der Waals surface area contributed by atoms with Gasteiger partial charge in [0.25, 0.3) is 0 Å². The van der Waals surface area contributed by atoms with Gasteiger partial charge in [-0.25, -0.2) is 4.79 Å². The minimum Gasteiger partial charge on any atom is -0.459 e. The van der Waals surface area contributed by atoms with Crippen molar-refractivity contribution in [1.82, 2.24) is 0 Å². The number of anilines is 1. The lowest BCUT2D eigenvalue weighted by atomic mass is 10.0. The van der Waals surface area contributed by atoms with Crippen LogP contribution < -0.4 is 4.90 Å². The summed E-state index contributed by atoms with van der Waals surface area (Å²) in [5, 5.41) is 0. The molecule has 27 heavy (non-hydrogen) atoms. The molecule has 0 saturated carbocycles. The molecule has 3 nitrogen and oxygen atoms in total. The number of rotatable bonds is 8. The second kappa shape index (κ2) is 10.1. The molecule has 1 fully saturated rings. The first-order valence-corrected chi connectivity index (χ1v) is 10.4. The molecule has 0 aromatic heterocycles. The van der Waals surface area contributed by atoms with Crippen LogP contribution in [0.3, 0.4) is 0 Å². The van der Waals surface area contributed by atoms with Crippen molar-refractivity contribution in [1.29, 1.82) is 0 Å². The lowest BCUT2D eigenvalue weighted by molar-refractivity contribution is 0.0245. The molecule has 3 heteroatoms. The minimum absolute atomic E-state index is 0.0196. The zero-order chi connectivity index (χ0) is 18.9. The Morgan fingerprint density at radius 3 is 2.33 bits per heavy atom. The largest absolute Gasteiger partial charge is 0.459 e. The molecule has 1 aliphatic rings. The zero-order valence-electron chi connectivity index (χ0n) is 16.4. The molecule has 0 N–H and O–H groups in total. The second-order valence-corrected chi connectivity index (χ2v) is 7.43. The number of benzene rings is 2. The summed E-state index contributed by atoms with van der Waals surface area (Å²) in [7, 11) is 0. The first-order chi connectivity index (χ1) is 13.3. The molecule has 0 radical (unpaired) electrons. The molecule has 0 bridgehead atoms. The molecule has 0 aliphatic carbocycles. The van der Waals surface area contributed by atoms with Gasteiger partial charge in [0.2, 0.25) is 0 Å². The van der Waals surface area contributed by atoms with Crippen molar-refractivity contribution in [2.24, 2.45) is 0 Å². The smallest absolute Gasteiger partial charge is 0.338 e. The molecule has 2 aromatic rings. The van der Waals surface area contributed by atoms with Gasteiger partial charge in [0.1, 0.15) is 6.10 Å². The van der Waals surface area contributed by atoms with Crippen molar-refractivity contribution in [2.45, 2.75) is 58.0 Å². The topological polar surface area (TPSA) is 29.5 Å². The van der Waals surface area contributed by atoms with Gasteiger partial charge in [-0.15, -0.1) is 0 Å². The molecule has 1 saturated heterocycles. The van der Waals surface area contributed by atoms with E-state index < -0.39 is 0 Å². The SMILES string of the molecule is CCCCCCc1ccc(C(=O)OC2CCN(c3ccccc3)CC2)cc1. The van der Waals surface area contributed by atoms with Gasteiger partial charge < -0.3 is 9.64 Å². The van der Waals surface area contributed by atoms with Crippen LogP contribution >= 0.6 is 0 Å². The first kappa shape index (κ1) is 19.5. The molecule has 144 valence electrons. The van der Waals surface area contributed by atoms with E-state index in [0.717, 1.165) is 32.4 Å². The van der Waals surface area contributed by atoms with Crippen LogP contribution in [0.4, 0.5) is 5.69 Å². The molecule has 0 atom stereocenters. The van der Waals surface area contributed by atoms with Crippen LogP contribution in [0, 0.1) is 0 Å². The third-order valence-electron chi connectivity index (χ3n) is 5.35. The number of unbranched alkanes of at least 4 members (excludes halogenated alkanes) is 3. The maximum Gasteiger partial charge on any atom is 0.338 e. The molecule has 0 unspecified atom stereocenters. The number of piperidine rings is 1. The van der Waals surface area contributed by atoms with E-state index in [4.69, 9.17) is 4.74 Å². The Morgan fingerprint density at radius 2 is 1.67 bits per heavy atom. The number of nitrogens with zero attached hydrogens (tertiary/aromatic N) is 1. The summed E-state index contributed by atoms with van der Waals surface area (Å²) in [5.74, 6) is -0.189. The highest BCUT2D eigenvalue weighted by Crippen LogP contribution is 2.22. The summed E-state index contributed by atoms with van der Waals surface area (Å²) in [6.07, 6.45) is 7.94. The normalized spacial score (nSPS) is 14.9. The quantitative estimate of drug-likeness (QED) is 0.448. The molecule has 3 rings (SSSR count). The average molecular weight is 366 g/mol.